The number of anilines is 1. The van der Waals surface area contributed by atoms with E-state index in [1.165, 1.54) is 0 Å². The topological polar surface area (TPSA) is 85.4 Å². The largest absolute Gasteiger partial charge is 0.497 e. The van der Waals surface area contributed by atoms with Crippen LogP contribution in [0.3, 0.4) is 0 Å². The average molecular weight is 330 g/mol. The predicted molar refractivity (Wildman–Crippen MR) is 91.4 cm³/mol. The second-order valence-corrected chi connectivity index (χ2v) is 5.04. The highest BCUT2D eigenvalue weighted by molar-refractivity contribution is 5.92. The summed E-state index contributed by atoms with van der Waals surface area (Å²) < 4.78 is 10.1. The van der Waals surface area contributed by atoms with Gasteiger partial charge < -0.3 is 20.1 Å². The van der Waals surface area contributed by atoms with E-state index in [4.69, 9.17) is 9.47 Å². The van der Waals surface area contributed by atoms with Crippen LogP contribution in [0.2, 0.25) is 0 Å². The van der Waals surface area contributed by atoms with Gasteiger partial charge in [0.05, 0.1) is 13.7 Å². The fraction of sp³-hybridized carbons (Fsp3) is 0.353. The van der Waals surface area contributed by atoms with Crippen LogP contribution in [-0.4, -0.2) is 49.8 Å². The number of hydrogen-bond acceptors (Lipinski definition) is 6. The van der Waals surface area contributed by atoms with E-state index in [9.17, 15) is 4.79 Å². The molecule has 2 aromatic rings. The minimum absolute atomic E-state index is 0.227. The van der Waals surface area contributed by atoms with Crippen molar-refractivity contribution in [1.29, 1.82) is 0 Å². The Morgan fingerprint density at radius 2 is 2.08 bits per heavy atom. The van der Waals surface area contributed by atoms with Gasteiger partial charge in [0.25, 0.3) is 5.91 Å². The van der Waals surface area contributed by atoms with Crippen molar-refractivity contribution in [3.63, 3.8) is 0 Å². The summed E-state index contributed by atoms with van der Waals surface area (Å²) in [5.74, 6) is 0.990. The molecule has 2 rings (SSSR count). The number of carbonyl (C=O) groups excluding carboxylic acids is 1. The summed E-state index contributed by atoms with van der Waals surface area (Å²) in [6, 6.07) is 9.35. The third kappa shape index (κ3) is 5.51. The summed E-state index contributed by atoms with van der Waals surface area (Å²) >= 11 is 0. The van der Waals surface area contributed by atoms with E-state index in [1.807, 2.05) is 24.3 Å². The number of nitrogens with one attached hydrogen (secondary N) is 2. The average Bonchev–Trinajstić information content (AvgIpc) is 2.62. The van der Waals surface area contributed by atoms with Crippen molar-refractivity contribution in [3.05, 3.63) is 47.8 Å². The van der Waals surface area contributed by atoms with Crippen LogP contribution in [0.15, 0.2) is 36.5 Å². The molecule has 0 fully saturated rings. The number of nitrogens with zero attached hydrogens (tertiary/aromatic N) is 2. The second-order valence-electron chi connectivity index (χ2n) is 5.04. The van der Waals surface area contributed by atoms with E-state index in [-0.39, 0.29) is 5.91 Å². The van der Waals surface area contributed by atoms with Crippen LogP contribution in [0.1, 0.15) is 16.1 Å². The molecule has 0 unspecified atom stereocenters. The normalized spacial score (nSPS) is 10.2. The number of methoxy groups -OCH3 is 2. The Morgan fingerprint density at radius 3 is 2.88 bits per heavy atom. The van der Waals surface area contributed by atoms with E-state index in [2.05, 4.69) is 20.6 Å². The molecule has 1 aromatic heterocycles. The van der Waals surface area contributed by atoms with E-state index < -0.39 is 0 Å². The first-order valence-corrected chi connectivity index (χ1v) is 7.70. The first-order valence-electron chi connectivity index (χ1n) is 7.70. The van der Waals surface area contributed by atoms with Gasteiger partial charge in [0.15, 0.2) is 0 Å². The number of hydrogen-bond donors (Lipinski definition) is 2. The number of ether oxygens (including phenoxy) is 2. The molecule has 2 N–H and O–H groups in total. The molecule has 1 aromatic carbocycles. The molecular weight excluding hydrogens is 308 g/mol. The van der Waals surface area contributed by atoms with Crippen molar-refractivity contribution >= 4 is 11.9 Å². The molecule has 1 heterocycles. The lowest BCUT2D eigenvalue weighted by Gasteiger charge is -2.08. The molecular formula is C17H22N4O3. The minimum atomic E-state index is -0.227. The first kappa shape index (κ1) is 17.7. The van der Waals surface area contributed by atoms with Crippen LogP contribution in [-0.2, 0) is 11.2 Å². The third-order valence-electron chi connectivity index (χ3n) is 3.31. The van der Waals surface area contributed by atoms with E-state index >= 15 is 0 Å². The SMILES string of the molecule is COCCNc1nccc(C(=O)NCCc2cccc(OC)c2)n1. The Balaban J connectivity index is 1.84. The highest BCUT2D eigenvalue weighted by Gasteiger charge is 2.08. The van der Waals surface area contributed by atoms with E-state index in [0.29, 0.717) is 37.8 Å². The summed E-state index contributed by atoms with van der Waals surface area (Å²) in [5.41, 5.74) is 1.43. The van der Waals surface area contributed by atoms with Crippen LogP contribution in [0.5, 0.6) is 5.75 Å². The zero-order valence-electron chi connectivity index (χ0n) is 13.9. The molecule has 0 aliphatic carbocycles. The van der Waals surface area contributed by atoms with Crippen LogP contribution in [0, 0.1) is 0 Å². The first-order chi connectivity index (χ1) is 11.7. The molecule has 7 nitrogen and oxygen atoms in total. The molecule has 128 valence electrons. The summed E-state index contributed by atoms with van der Waals surface area (Å²) in [4.78, 5) is 20.4. The van der Waals surface area contributed by atoms with Gasteiger partial charge >= 0.3 is 0 Å². The summed E-state index contributed by atoms with van der Waals surface area (Å²) in [6.45, 7) is 1.64. The number of amides is 1. The number of carbonyl (C=O) groups is 1. The van der Waals surface area contributed by atoms with Crippen LogP contribution in [0.4, 0.5) is 5.95 Å². The van der Waals surface area contributed by atoms with Crippen LogP contribution in [0.25, 0.3) is 0 Å². The highest BCUT2D eigenvalue weighted by Crippen LogP contribution is 2.12. The van der Waals surface area contributed by atoms with Crippen molar-refractivity contribution in [3.8, 4) is 5.75 Å². The lowest BCUT2D eigenvalue weighted by molar-refractivity contribution is 0.0949. The van der Waals surface area contributed by atoms with Gasteiger partial charge in [-0.25, -0.2) is 9.97 Å². The van der Waals surface area contributed by atoms with Crippen molar-refractivity contribution < 1.29 is 14.3 Å². The maximum Gasteiger partial charge on any atom is 0.270 e. The summed E-state index contributed by atoms with van der Waals surface area (Å²) in [7, 11) is 3.25. The zero-order chi connectivity index (χ0) is 17.2. The maximum absolute atomic E-state index is 12.2. The lowest BCUT2D eigenvalue weighted by Crippen LogP contribution is -2.27. The molecule has 0 atom stereocenters. The maximum atomic E-state index is 12.2. The molecule has 0 saturated carbocycles. The molecule has 0 aliphatic heterocycles. The van der Waals surface area contributed by atoms with Crippen molar-refractivity contribution in [2.24, 2.45) is 0 Å². The Labute approximate surface area is 141 Å². The molecule has 1 amide bonds. The number of aromatic nitrogens is 2. The Kier molecular flexibility index (Phi) is 6.97. The van der Waals surface area contributed by atoms with Gasteiger partial charge in [-0.05, 0) is 30.2 Å². The highest BCUT2D eigenvalue weighted by atomic mass is 16.5. The summed E-state index contributed by atoms with van der Waals surface area (Å²) in [5, 5.41) is 5.85. The molecule has 0 bridgehead atoms. The Morgan fingerprint density at radius 1 is 1.21 bits per heavy atom. The Hall–Kier alpha value is -2.67. The summed E-state index contributed by atoms with van der Waals surface area (Å²) in [6.07, 6.45) is 2.27. The van der Waals surface area contributed by atoms with E-state index in [1.54, 1.807) is 26.5 Å². The van der Waals surface area contributed by atoms with Gasteiger partial charge in [-0.3, -0.25) is 4.79 Å². The lowest BCUT2D eigenvalue weighted by atomic mass is 10.1. The fourth-order valence-corrected chi connectivity index (χ4v) is 2.07. The molecule has 0 aliphatic rings. The minimum Gasteiger partial charge on any atom is -0.497 e. The van der Waals surface area contributed by atoms with E-state index in [0.717, 1.165) is 11.3 Å². The van der Waals surface area contributed by atoms with Gasteiger partial charge in [-0.2, -0.15) is 0 Å². The predicted octanol–water partition coefficient (Wildman–Crippen LogP) is 1.52. The second kappa shape index (κ2) is 9.46. The molecule has 0 saturated heterocycles. The van der Waals surface area contributed by atoms with Crippen molar-refractivity contribution in [2.75, 3.05) is 39.2 Å². The standard InChI is InChI=1S/C17H22N4O3/c1-23-11-10-20-17-19-9-7-15(21-17)16(22)18-8-6-13-4-3-5-14(12-13)24-2/h3-5,7,9,12H,6,8,10-11H2,1-2H3,(H,18,22)(H,19,20,21). The monoisotopic (exact) mass is 330 g/mol. The van der Waals surface area contributed by atoms with Gasteiger partial charge in [0, 0.05) is 26.4 Å². The van der Waals surface area contributed by atoms with Gasteiger partial charge in [0.2, 0.25) is 5.95 Å². The fourth-order valence-electron chi connectivity index (χ4n) is 2.07. The Bertz CT molecular complexity index is 664. The van der Waals surface area contributed by atoms with Gasteiger partial charge in [0.1, 0.15) is 11.4 Å². The van der Waals surface area contributed by atoms with Crippen molar-refractivity contribution in [2.45, 2.75) is 6.42 Å². The van der Waals surface area contributed by atoms with Gasteiger partial charge in [-0.15, -0.1) is 0 Å². The molecule has 24 heavy (non-hydrogen) atoms. The number of rotatable bonds is 9. The molecule has 7 heteroatoms. The van der Waals surface area contributed by atoms with Gasteiger partial charge in [-0.1, -0.05) is 12.1 Å². The van der Waals surface area contributed by atoms with Crippen LogP contribution < -0.4 is 15.4 Å². The molecule has 0 radical (unpaired) electrons. The quantitative estimate of drug-likeness (QED) is 0.678. The van der Waals surface area contributed by atoms with Crippen molar-refractivity contribution in [1.82, 2.24) is 15.3 Å². The number of benzene rings is 1. The zero-order valence-corrected chi connectivity index (χ0v) is 13.9. The smallest absolute Gasteiger partial charge is 0.270 e. The third-order valence-corrected chi connectivity index (χ3v) is 3.31. The molecule has 0 spiro atoms. The van der Waals surface area contributed by atoms with Crippen LogP contribution >= 0.6 is 0 Å².